The molecule has 142 valence electrons. The monoisotopic (exact) mass is 393 g/mol. The van der Waals surface area contributed by atoms with Crippen LogP contribution in [0, 0.1) is 25.2 Å². The lowest BCUT2D eigenvalue weighted by Gasteiger charge is -2.06. The molecular formula is C21H19N3O3S. The van der Waals surface area contributed by atoms with E-state index in [-0.39, 0.29) is 19.1 Å². The second-order valence-corrected chi connectivity index (χ2v) is 7.30. The van der Waals surface area contributed by atoms with Gasteiger partial charge in [-0.2, -0.15) is 10.3 Å². The van der Waals surface area contributed by atoms with Gasteiger partial charge in [0.15, 0.2) is 4.80 Å². The van der Waals surface area contributed by atoms with Gasteiger partial charge >= 0.3 is 5.97 Å². The number of hydrogen-bond donors (Lipinski definition) is 0. The number of nitriles is 1. The van der Waals surface area contributed by atoms with Gasteiger partial charge in [0.2, 0.25) is 0 Å². The van der Waals surface area contributed by atoms with Crippen LogP contribution in [0.25, 0.3) is 10.2 Å². The highest BCUT2D eigenvalue weighted by Gasteiger charge is 2.14. The van der Waals surface area contributed by atoms with Gasteiger partial charge in [-0.1, -0.05) is 11.3 Å². The zero-order valence-electron chi connectivity index (χ0n) is 15.9. The maximum atomic E-state index is 12.6. The third-order valence-corrected chi connectivity index (χ3v) is 5.39. The summed E-state index contributed by atoms with van der Waals surface area (Å²) in [6.45, 7) is 6.04. The SMILES string of the molecule is CCOC(=O)Cn1c(=NC(=O)c2ccc(C#N)cc2)sc2cc(C)c(C)cc21. The summed E-state index contributed by atoms with van der Waals surface area (Å²) in [5.41, 5.74) is 3.91. The topological polar surface area (TPSA) is 84.5 Å². The number of rotatable bonds is 4. The number of aryl methyl sites for hydroxylation is 2. The lowest BCUT2D eigenvalue weighted by molar-refractivity contribution is -0.143. The number of carbonyl (C=O) groups is 2. The highest BCUT2D eigenvalue weighted by molar-refractivity contribution is 7.16. The lowest BCUT2D eigenvalue weighted by Crippen LogP contribution is -2.23. The molecule has 0 fully saturated rings. The number of amides is 1. The first-order valence-corrected chi connectivity index (χ1v) is 9.60. The van der Waals surface area contributed by atoms with Crippen molar-refractivity contribution in [2.45, 2.75) is 27.3 Å². The van der Waals surface area contributed by atoms with Crippen molar-refractivity contribution in [2.24, 2.45) is 4.99 Å². The van der Waals surface area contributed by atoms with E-state index in [2.05, 4.69) is 4.99 Å². The molecule has 1 amide bonds. The van der Waals surface area contributed by atoms with E-state index >= 15 is 0 Å². The fourth-order valence-electron chi connectivity index (χ4n) is 2.73. The molecule has 3 aromatic rings. The first-order valence-electron chi connectivity index (χ1n) is 8.78. The molecule has 2 aromatic carbocycles. The number of hydrogen-bond acceptors (Lipinski definition) is 5. The number of nitrogens with zero attached hydrogens (tertiary/aromatic N) is 3. The third kappa shape index (κ3) is 4.02. The number of thiazole rings is 1. The first-order chi connectivity index (χ1) is 13.4. The van der Waals surface area contributed by atoms with Crippen molar-refractivity contribution >= 4 is 33.4 Å². The fraction of sp³-hybridized carbons (Fsp3) is 0.238. The van der Waals surface area contributed by atoms with Gasteiger partial charge in [0.1, 0.15) is 6.54 Å². The minimum atomic E-state index is -0.429. The maximum Gasteiger partial charge on any atom is 0.326 e. The number of fused-ring (bicyclic) bond motifs is 1. The van der Waals surface area contributed by atoms with Crippen molar-refractivity contribution in [1.82, 2.24) is 4.57 Å². The van der Waals surface area contributed by atoms with Gasteiger partial charge in [-0.25, -0.2) is 0 Å². The average molecular weight is 393 g/mol. The van der Waals surface area contributed by atoms with Gasteiger partial charge < -0.3 is 9.30 Å². The molecule has 3 rings (SSSR count). The molecule has 6 nitrogen and oxygen atoms in total. The van der Waals surface area contributed by atoms with E-state index in [0.29, 0.717) is 15.9 Å². The van der Waals surface area contributed by atoms with Crippen LogP contribution in [0.3, 0.4) is 0 Å². The molecular weight excluding hydrogens is 374 g/mol. The summed E-state index contributed by atoms with van der Waals surface area (Å²) in [6.07, 6.45) is 0. The van der Waals surface area contributed by atoms with Crippen LogP contribution in [0.5, 0.6) is 0 Å². The second-order valence-electron chi connectivity index (χ2n) is 6.29. The van der Waals surface area contributed by atoms with Crippen LogP contribution >= 0.6 is 11.3 Å². The second kappa shape index (κ2) is 8.19. The standard InChI is InChI=1S/C21H19N3O3S/c1-4-27-19(25)12-24-17-9-13(2)14(3)10-18(17)28-21(24)23-20(26)16-7-5-15(11-22)6-8-16/h5-10H,4,12H2,1-3H3. The Morgan fingerprint density at radius 3 is 2.50 bits per heavy atom. The number of esters is 1. The van der Waals surface area contributed by atoms with Crippen LogP contribution in [0.1, 0.15) is 34.0 Å². The van der Waals surface area contributed by atoms with E-state index in [9.17, 15) is 9.59 Å². The van der Waals surface area contributed by atoms with E-state index in [1.54, 1.807) is 35.8 Å². The molecule has 0 spiro atoms. The molecule has 28 heavy (non-hydrogen) atoms. The van der Waals surface area contributed by atoms with Crippen molar-refractivity contribution in [3.63, 3.8) is 0 Å². The molecule has 0 radical (unpaired) electrons. The molecule has 7 heteroatoms. The van der Waals surface area contributed by atoms with E-state index < -0.39 is 5.91 Å². The maximum absolute atomic E-state index is 12.6. The van der Waals surface area contributed by atoms with Crippen molar-refractivity contribution in [1.29, 1.82) is 5.26 Å². The molecule has 0 aliphatic carbocycles. The molecule has 0 N–H and O–H groups in total. The normalized spacial score (nSPS) is 11.4. The Balaban J connectivity index is 2.12. The van der Waals surface area contributed by atoms with Crippen LogP contribution in [0.2, 0.25) is 0 Å². The number of ether oxygens (including phenoxy) is 1. The molecule has 0 saturated heterocycles. The first kappa shape index (κ1) is 19.5. The molecule has 1 heterocycles. The van der Waals surface area contributed by atoms with Gasteiger partial charge in [-0.3, -0.25) is 9.59 Å². The summed E-state index contributed by atoms with van der Waals surface area (Å²) >= 11 is 1.35. The van der Waals surface area contributed by atoms with Gasteiger partial charge in [0.05, 0.1) is 28.5 Å². The molecule has 0 atom stereocenters. The minimum absolute atomic E-state index is 0.0180. The third-order valence-electron chi connectivity index (χ3n) is 4.35. The Bertz CT molecular complexity index is 1160. The van der Waals surface area contributed by atoms with E-state index in [0.717, 1.165) is 21.3 Å². The Morgan fingerprint density at radius 2 is 1.86 bits per heavy atom. The Hall–Kier alpha value is -3.24. The largest absolute Gasteiger partial charge is 0.465 e. The van der Waals surface area contributed by atoms with Gasteiger partial charge in [0.25, 0.3) is 5.91 Å². The highest BCUT2D eigenvalue weighted by Crippen LogP contribution is 2.22. The van der Waals surface area contributed by atoms with Crippen LogP contribution in [-0.4, -0.2) is 23.1 Å². The summed E-state index contributed by atoms with van der Waals surface area (Å²) in [4.78, 5) is 29.4. The molecule has 0 bridgehead atoms. The summed E-state index contributed by atoms with van der Waals surface area (Å²) in [5, 5.41) is 8.89. The molecule has 0 aliphatic rings. The van der Waals surface area contributed by atoms with Crippen LogP contribution < -0.4 is 4.80 Å². The Labute approximate surface area is 166 Å². The Kier molecular flexibility index (Phi) is 5.71. The van der Waals surface area contributed by atoms with E-state index in [1.807, 2.05) is 32.0 Å². The number of benzene rings is 2. The highest BCUT2D eigenvalue weighted by atomic mass is 32.1. The molecule has 0 unspecified atom stereocenters. The van der Waals surface area contributed by atoms with Crippen molar-refractivity contribution in [3.8, 4) is 6.07 Å². The van der Waals surface area contributed by atoms with Crippen molar-refractivity contribution in [2.75, 3.05) is 6.61 Å². The van der Waals surface area contributed by atoms with Crippen LogP contribution in [0.4, 0.5) is 0 Å². The summed E-state index contributed by atoms with van der Waals surface area (Å²) in [7, 11) is 0. The van der Waals surface area contributed by atoms with Gasteiger partial charge in [-0.05, 0) is 68.3 Å². The van der Waals surface area contributed by atoms with E-state index in [4.69, 9.17) is 10.00 Å². The Morgan fingerprint density at radius 1 is 1.18 bits per heavy atom. The van der Waals surface area contributed by atoms with Crippen LogP contribution in [-0.2, 0) is 16.1 Å². The zero-order chi connectivity index (χ0) is 20.3. The van der Waals surface area contributed by atoms with Gasteiger partial charge in [-0.15, -0.1) is 0 Å². The summed E-state index contributed by atoms with van der Waals surface area (Å²) in [6, 6.07) is 12.3. The molecule has 0 saturated carbocycles. The lowest BCUT2D eigenvalue weighted by atomic mass is 10.1. The number of aromatic nitrogens is 1. The molecule has 1 aromatic heterocycles. The average Bonchev–Trinajstić information content (AvgIpc) is 2.98. The smallest absolute Gasteiger partial charge is 0.326 e. The quantitative estimate of drug-likeness (QED) is 0.635. The summed E-state index contributed by atoms with van der Waals surface area (Å²) < 4.78 is 7.73. The van der Waals surface area contributed by atoms with Crippen LogP contribution in [0.15, 0.2) is 41.4 Å². The minimum Gasteiger partial charge on any atom is -0.465 e. The van der Waals surface area contributed by atoms with Crippen molar-refractivity contribution < 1.29 is 14.3 Å². The predicted molar refractivity (Wildman–Crippen MR) is 107 cm³/mol. The van der Waals surface area contributed by atoms with E-state index in [1.165, 1.54) is 11.3 Å². The van der Waals surface area contributed by atoms with Crippen molar-refractivity contribution in [3.05, 3.63) is 63.5 Å². The summed E-state index contributed by atoms with van der Waals surface area (Å²) in [5.74, 6) is -0.810. The zero-order valence-corrected chi connectivity index (χ0v) is 16.7. The number of carbonyl (C=O) groups excluding carboxylic acids is 2. The predicted octanol–water partition coefficient (Wildman–Crippen LogP) is 3.50. The fourth-order valence-corrected chi connectivity index (χ4v) is 3.84. The van der Waals surface area contributed by atoms with Gasteiger partial charge in [0, 0.05) is 5.56 Å². The molecule has 0 aliphatic heterocycles.